The number of phenols is 1. The van der Waals surface area contributed by atoms with Crippen LogP contribution >= 0.6 is 0 Å². The normalized spacial score (nSPS) is 29.2. The number of aliphatic hydroxyl groups excluding tert-OH is 5. The molecule has 0 saturated carbocycles. The molecule has 6 N–H and O–H groups in total. The monoisotopic (exact) mass is 520 g/mol. The van der Waals surface area contributed by atoms with Crippen LogP contribution < -0.4 is 14.2 Å². The number of fused-ring (bicyclic) bond motifs is 1. The Kier molecular flexibility index (Phi) is 8.55. The lowest BCUT2D eigenvalue weighted by atomic mass is 9.90. The number of ether oxygens (including phenoxy) is 5. The molecule has 2 aromatic rings. The lowest BCUT2D eigenvalue weighted by Crippen LogP contribution is -2.59. The van der Waals surface area contributed by atoms with Crippen molar-refractivity contribution in [1.82, 2.24) is 0 Å². The predicted molar refractivity (Wildman–Crippen MR) is 130 cm³/mol. The van der Waals surface area contributed by atoms with Crippen LogP contribution in [-0.2, 0) is 9.47 Å². The molecular formula is C26H32O11. The van der Waals surface area contributed by atoms with Crippen molar-refractivity contribution in [2.45, 2.75) is 42.7 Å². The molecule has 0 amide bonds. The number of hydrogen-bond donors (Lipinski definition) is 6. The Morgan fingerprint density at radius 1 is 0.919 bits per heavy atom. The summed E-state index contributed by atoms with van der Waals surface area (Å²) in [7, 11) is 2.97. The van der Waals surface area contributed by atoms with Gasteiger partial charge in [0.2, 0.25) is 0 Å². The highest BCUT2D eigenvalue weighted by Gasteiger charge is 2.44. The first kappa shape index (κ1) is 27.1. The van der Waals surface area contributed by atoms with Gasteiger partial charge in [0.1, 0.15) is 30.5 Å². The van der Waals surface area contributed by atoms with Crippen LogP contribution in [0.15, 0.2) is 36.4 Å². The van der Waals surface area contributed by atoms with E-state index in [2.05, 4.69) is 0 Å². The minimum atomic E-state index is -1.52. The number of methoxy groups -OCH3 is 2. The Bertz CT molecular complexity index is 1100. The van der Waals surface area contributed by atoms with Crippen molar-refractivity contribution >= 4 is 6.08 Å². The van der Waals surface area contributed by atoms with E-state index in [1.807, 2.05) is 6.07 Å². The molecule has 2 aliphatic rings. The summed E-state index contributed by atoms with van der Waals surface area (Å²) < 4.78 is 27.8. The molecule has 11 nitrogen and oxygen atoms in total. The molecule has 7 atom stereocenters. The van der Waals surface area contributed by atoms with Crippen molar-refractivity contribution in [3.63, 3.8) is 0 Å². The zero-order valence-electron chi connectivity index (χ0n) is 20.4. The fourth-order valence-electron chi connectivity index (χ4n) is 4.57. The molecule has 0 radical (unpaired) electrons. The molecule has 1 fully saturated rings. The lowest BCUT2D eigenvalue weighted by Gasteiger charge is -2.39. The summed E-state index contributed by atoms with van der Waals surface area (Å²) in [4.78, 5) is 0. The highest BCUT2D eigenvalue weighted by molar-refractivity contribution is 5.62. The molecule has 202 valence electrons. The van der Waals surface area contributed by atoms with E-state index in [4.69, 9.17) is 23.7 Å². The maximum Gasteiger partial charge on any atom is 0.187 e. The second-order valence-corrected chi connectivity index (χ2v) is 8.83. The van der Waals surface area contributed by atoms with Gasteiger partial charge in [-0.15, -0.1) is 0 Å². The van der Waals surface area contributed by atoms with Crippen LogP contribution in [0, 0.1) is 0 Å². The van der Waals surface area contributed by atoms with Gasteiger partial charge in [-0.1, -0.05) is 18.2 Å². The molecule has 11 heteroatoms. The third kappa shape index (κ3) is 5.39. The molecule has 0 bridgehead atoms. The van der Waals surface area contributed by atoms with Crippen LogP contribution in [0.3, 0.4) is 0 Å². The second-order valence-electron chi connectivity index (χ2n) is 8.83. The number of rotatable bonds is 9. The van der Waals surface area contributed by atoms with Gasteiger partial charge in [-0.2, -0.15) is 0 Å². The number of hydrogen-bond acceptors (Lipinski definition) is 11. The summed E-state index contributed by atoms with van der Waals surface area (Å²) in [5.41, 5.74) is 2.20. The summed E-state index contributed by atoms with van der Waals surface area (Å²) in [5, 5.41) is 59.3. The predicted octanol–water partition coefficient (Wildman–Crippen LogP) is 0.449. The van der Waals surface area contributed by atoms with Crippen LogP contribution in [0.4, 0.5) is 0 Å². The van der Waals surface area contributed by atoms with E-state index in [-0.39, 0.29) is 19.0 Å². The zero-order valence-corrected chi connectivity index (χ0v) is 20.4. The molecule has 2 aromatic carbocycles. The van der Waals surface area contributed by atoms with E-state index in [0.717, 1.165) is 16.7 Å². The van der Waals surface area contributed by atoms with Gasteiger partial charge in [-0.3, -0.25) is 0 Å². The minimum Gasteiger partial charge on any atom is -0.504 e. The van der Waals surface area contributed by atoms with Crippen molar-refractivity contribution in [2.24, 2.45) is 0 Å². The third-order valence-electron chi connectivity index (χ3n) is 6.58. The number of phenolic OH excluding ortho intramolecular Hbond substituents is 1. The highest BCUT2D eigenvalue weighted by atomic mass is 16.7. The number of benzene rings is 2. The number of aliphatic hydroxyl groups is 5. The molecule has 2 unspecified atom stereocenters. The number of aromatic hydroxyl groups is 1. The lowest BCUT2D eigenvalue weighted by molar-refractivity contribution is -0.298. The van der Waals surface area contributed by atoms with Crippen molar-refractivity contribution in [2.75, 3.05) is 34.0 Å². The van der Waals surface area contributed by atoms with Crippen LogP contribution in [0.25, 0.3) is 6.08 Å². The molecular weight excluding hydrogens is 488 g/mol. The van der Waals surface area contributed by atoms with Gasteiger partial charge in [0, 0.05) is 5.56 Å². The van der Waals surface area contributed by atoms with Crippen molar-refractivity contribution in [3.05, 3.63) is 53.1 Å². The molecule has 37 heavy (non-hydrogen) atoms. The fourth-order valence-corrected chi connectivity index (χ4v) is 4.57. The van der Waals surface area contributed by atoms with E-state index >= 15 is 0 Å². The maximum absolute atomic E-state index is 10.2. The van der Waals surface area contributed by atoms with E-state index < -0.39 is 49.3 Å². The maximum atomic E-state index is 10.2. The van der Waals surface area contributed by atoms with E-state index in [0.29, 0.717) is 17.2 Å². The van der Waals surface area contributed by atoms with Crippen LogP contribution in [0.5, 0.6) is 23.0 Å². The Balaban J connectivity index is 1.50. The Morgan fingerprint density at radius 3 is 2.35 bits per heavy atom. The summed E-state index contributed by atoms with van der Waals surface area (Å²) in [6.07, 6.45) is -3.86. The minimum absolute atomic E-state index is 0.00162. The van der Waals surface area contributed by atoms with Gasteiger partial charge in [-0.05, 0) is 35.4 Å². The van der Waals surface area contributed by atoms with Crippen molar-refractivity contribution in [1.29, 1.82) is 0 Å². The molecule has 1 saturated heterocycles. The molecule has 0 aliphatic carbocycles. The van der Waals surface area contributed by atoms with E-state index in [1.165, 1.54) is 20.3 Å². The smallest absolute Gasteiger partial charge is 0.187 e. The first-order chi connectivity index (χ1) is 17.8. The molecule has 4 rings (SSSR count). The SMILES string of the molecule is COc1cc(C2Oc3c(OC)cc(/C=C/CO[C@@H]4O[C@@H](CO)[C@H](O)[C@@H](O)[C@@H]4O)cc3C2CO)ccc1O. The van der Waals surface area contributed by atoms with Gasteiger partial charge in [0.15, 0.2) is 29.3 Å². The molecule has 2 aliphatic heterocycles. The molecule has 2 heterocycles. The van der Waals surface area contributed by atoms with E-state index in [9.17, 15) is 30.6 Å². The van der Waals surface area contributed by atoms with Crippen LogP contribution in [-0.4, -0.2) is 95.4 Å². The Hall–Kier alpha value is -2.90. The summed E-state index contributed by atoms with van der Waals surface area (Å²) in [6, 6.07) is 8.51. The summed E-state index contributed by atoms with van der Waals surface area (Å²) in [6.45, 7) is -0.739. The highest BCUT2D eigenvalue weighted by Crippen LogP contribution is 2.51. The average Bonchev–Trinajstić information content (AvgIpc) is 3.29. The molecule has 0 spiro atoms. The van der Waals surface area contributed by atoms with Crippen LogP contribution in [0.2, 0.25) is 0 Å². The van der Waals surface area contributed by atoms with E-state index in [1.54, 1.807) is 30.4 Å². The van der Waals surface area contributed by atoms with Gasteiger partial charge in [-0.25, -0.2) is 0 Å². The summed E-state index contributed by atoms with van der Waals surface area (Å²) >= 11 is 0. The fraction of sp³-hybridized carbons (Fsp3) is 0.462. The third-order valence-corrected chi connectivity index (χ3v) is 6.58. The van der Waals surface area contributed by atoms with Crippen molar-refractivity contribution < 1.29 is 54.3 Å². The van der Waals surface area contributed by atoms with Crippen molar-refractivity contribution in [3.8, 4) is 23.0 Å². The first-order valence-electron chi connectivity index (χ1n) is 11.8. The quantitative estimate of drug-likeness (QED) is 0.272. The largest absolute Gasteiger partial charge is 0.504 e. The summed E-state index contributed by atoms with van der Waals surface area (Å²) in [5.74, 6) is 0.867. The zero-order chi connectivity index (χ0) is 26.7. The standard InChI is InChI=1S/C26H32O11/c1-33-18-10-14(5-6-17(18)29)24-16(11-27)15-8-13(9-19(34-2)25(15)37-24)4-3-7-35-26-23(32)22(31)21(30)20(12-28)36-26/h3-6,8-10,16,20-24,26-32H,7,11-12H2,1-2H3/b4-3+/t16?,20-,21-,22+,23-,24?,26+/m0/s1. The average molecular weight is 521 g/mol. The van der Waals surface area contributed by atoms with Gasteiger partial charge >= 0.3 is 0 Å². The Labute approximate surface area is 213 Å². The van der Waals surface area contributed by atoms with Gasteiger partial charge in [0.25, 0.3) is 0 Å². The van der Waals surface area contributed by atoms with Crippen LogP contribution in [0.1, 0.15) is 28.7 Å². The second kappa shape index (κ2) is 11.7. The topological polar surface area (TPSA) is 168 Å². The van der Waals surface area contributed by atoms with Gasteiger partial charge < -0.3 is 54.3 Å². The Morgan fingerprint density at radius 2 is 1.68 bits per heavy atom. The first-order valence-corrected chi connectivity index (χ1v) is 11.8. The molecule has 0 aromatic heterocycles. The van der Waals surface area contributed by atoms with Gasteiger partial charge in [0.05, 0.1) is 40.0 Å².